The smallest absolute Gasteiger partial charge is 0.268 e. The Morgan fingerprint density at radius 1 is 1.39 bits per heavy atom. The molecule has 2 rings (SSSR count). The molecule has 1 heterocycles. The number of nitrogens with zero attached hydrogens (tertiary/aromatic N) is 1. The van der Waals surface area contributed by atoms with Crippen LogP contribution in [0.15, 0.2) is 36.5 Å². The molecule has 0 radical (unpaired) electrons. The summed E-state index contributed by atoms with van der Waals surface area (Å²) in [6.45, 7) is 1.31. The molecule has 18 heavy (non-hydrogen) atoms. The summed E-state index contributed by atoms with van der Waals surface area (Å²) in [7, 11) is 0. The minimum Gasteiger partial charge on any atom is -0.366 e. The fraction of sp³-hybridized carbons (Fsp3) is 0.167. The van der Waals surface area contributed by atoms with E-state index in [2.05, 4.69) is 10.7 Å². The largest absolute Gasteiger partial charge is 0.366 e. The maximum Gasteiger partial charge on any atom is 0.268 e. The zero-order valence-electron chi connectivity index (χ0n) is 9.68. The topological polar surface area (TPSA) is 61.4 Å². The Morgan fingerprint density at radius 3 is 2.67 bits per heavy atom. The van der Waals surface area contributed by atoms with Crippen molar-refractivity contribution in [1.82, 2.24) is 15.8 Å². The highest BCUT2D eigenvalue weighted by molar-refractivity contribution is 5.90. The van der Waals surface area contributed by atoms with Gasteiger partial charge in [-0.3, -0.25) is 15.0 Å². The Balaban J connectivity index is 2.28. The number of rotatable bonds is 2. The maximum absolute atomic E-state index is 12.9. The number of hydrazine groups is 1. The average Bonchev–Trinajstić information content (AvgIpc) is 2.32. The molecule has 1 aromatic carbocycles. The second kappa shape index (κ2) is 4.87. The quantitative estimate of drug-likeness (QED) is 0.815. The SMILES string of the molecule is CC(=O)NN1C(=O)C=CNC1c1ccc(F)cc1. The zero-order chi connectivity index (χ0) is 13.1. The van der Waals surface area contributed by atoms with Crippen LogP contribution in [0.25, 0.3) is 0 Å². The lowest BCUT2D eigenvalue weighted by Gasteiger charge is -2.33. The van der Waals surface area contributed by atoms with Crippen LogP contribution in [0.4, 0.5) is 4.39 Å². The molecule has 2 N–H and O–H groups in total. The molecule has 1 unspecified atom stereocenters. The van der Waals surface area contributed by atoms with Gasteiger partial charge in [0.1, 0.15) is 12.0 Å². The third-order valence-electron chi connectivity index (χ3n) is 2.44. The van der Waals surface area contributed by atoms with Crippen LogP contribution in [0, 0.1) is 5.82 Å². The molecule has 0 spiro atoms. The van der Waals surface area contributed by atoms with E-state index in [1.807, 2.05) is 0 Å². The second-order valence-electron chi connectivity index (χ2n) is 3.83. The van der Waals surface area contributed by atoms with E-state index < -0.39 is 6.17 Å². The summed E-state index contributed by atoms with van der Waals surface area (Å²) in [5.74, 6) is -1.06. The molecule has 6 heteroatoms. The summed E-state index contributed by atoms with van der Waals surface area (Å²) in [5, 5.41) is 4.09. The van der Waals surface area contributed by atoms with E-state index in [9.17, 15) is 14.0 Å². The van der Waals surface area contributed by atoms with E-state index in [1.165, 1.54) is 31.3 Å². The van der Waals surface area contributed by atoms with Crippen LogP contribution in [0.5, 0.6) is 0 Å². The highest BCUT2D eigenvalue weighted by atomic mass is 19.1. The van der Waals surface area contributed by atoms with Crippen LogP contribution in [-0.4, -0.2) is 16.8 Å². The molecular formula is C12H12FN3O2. The number of hydrogen-bond acceptors (Lipinski definition) is 3. The third kappa shape index (κ3) is 2.48. The summed E-state index contributed by atoms with van der Waals surface area (Å²) in [6.07, 6.45) is 2.25. The van der Waals surface area contributed by atoms with Gasteiger partial charge in [0.15, 0.2) is 0 Å². The average molecular weight is 249 g/mol. The van der Waals surface area contributed by atoms with E-state index in [1.54, 1.807) is 12.1 Å². The Kier molecular flexibility index (Phi) is 3.27. The van der Waals surface area contributed by atoms with Gasteiger partial charge in [-0.05, 0) is 17.7 Å². The first-order valence-electron chi connectivity index (χ1n) is 5.36. The lowest BCUT2D eigenvalue weighted by atomic mass is 10.1. The minimum absolute atomic E-state index is 0.349. The van der Waals surface area contributed by atoms with Crippen molar-refractivity contribution in [2.75, 3.05) is 0 Å². The number of carbonyl (C=O) groups is 2. The predicted octanol–water partition coefficient (Wildman–Crippen LogP) is 0.821. The first kappa shape index (κ1) is 12.1. The molecule has 1 atom stereocenters. The van der Waals surface area contributed by atoms with Gasteiger partial charge in [0.2, 0.25) is 5.91 Å². The van der Waals surface area contributed by atoms with Gasteiger partial charge in [0.05, 0.1) is 0 Å². The van der Waals surface area contributed by atoms with Crippen molar-refractivity contribution in [3.63, 3.8) is 0 Å². The van der Waals surface area contributed by atoms with Crippen LogP contribution in [0.3, 0.4) is 0 Å². The highest BCUT2D eigenvalue weighted by Crippen LogP contribution is 2.19. The molecule has 2 amide bonds. The molecule has 1 aliphatic rings. The van der Waals surface area contributed by atoms with Gasteiger partial charge in [0, 0.05) is 19.2 Å². The van der Waals surface area contributed by atoms with Crippen molar-refractivity contribution in [3.05, 3.63) is 47.9 Å². The van der Waals surface area contributed by atoms with E-state index in [0.717, 1.165) is 5.01 Å². The lowest BCUT2D eigenvalue weighted by molar-refractivity contribution is -0.141. The monoisotopic (exact) mass is 249 g/mol. The van der Waals surface area contributed by atoms with Crippen molar-refractivity contribution < 1.29 is 14.0 Å². The van der Waals surface area contributed by atoms with Crippen LogP contribution in [0.1, 0.15) is 18.7 Å². The van der Waals surface area contributed by atoms with Crippen molar-refractivity contribution in [1.29, 1.82) is 0 Å². The van der Waals surface area contributed by atoms with E-state index in [-0.39, 0.29) is 17.6 Å². The number of hydrogen-bond donors (Lipinski definition) is 2. The molecule has 0 aliphatic carbocycles. The molecular weight excluding hydrogens is 237 g/mol. The second-order valence-corrected chi connectivity index (χ2v) is 3.83. The van der Waals surface area contributed by atoms with Gasteiger partial charge in [0.25, 0.3) is 5.91 Å². The third-order valence-corrected chi connectivity index (χ3v) is 2.44. The fourth-order valence-electron chi connectivity index (χ4n) is 1.67. The standard InChI is InChI=1S/C12H12FN3O2/c1-8(17)15-16-11(18)6-7-14-12(16)9-2-4-10(13)5-3-9/h2-7,12,14H,1H3,(H,15,17). The highest BCUT2D eigenvalue weighted by Gasteiger charge is 2.26. The number of halogens is 1. The normalized spacial score (nSPS) is 18.4. The molecule has 1 aliphatic heterocycles. The fourth-order valence-corrected chi connectivity index (χ4v) is 1.67. The van der Waals surface area contributed by atoms with Crippen LogP contribution in [-0.2, 0) is 9.59 Å². The number of amides is 2. The summed E-state index contributed by atoms with van der Waals surface area (Å²) < 4.78 is 12.9. The Hall–Kier alpha value is -2.37. The van der Waals surface area contributed by atoms with Crippen LogP contribution in [0.2, 0.25) is 0 Å². The minimum atomic E-state index is -0.549. The predicted molar refractivity (Wildman–Crippen MR) is 62.1 cm³/mol. The van der Waals surface area contributed by atoms with Crippen molar-refractivity contribution in [3.8, 4) is 0 Å². The van der Waals surface area contributed by atoms with E-state index in [4.69, 9.17) is 0 Å². The molecule has 1 aromatic rings. The first-order chi connectivity index (χ1) is 8.58. The summed E-state index contributed by atoms with van der Waals surface area (Å²) in [4.78, 5) is 22.8. The van der Waals surface area contributed by atoms with Crippen molar-refractivity contribution in [2.24, 2.45) is 0 Å². The van der Waals surface area contributed by atoms with Crippen molar-refractivity contribution in [2.45, 2.75) is 13.1 Å². The summed E-state index contributed by atoms with van der Waals surface area (Å²) in [6, 6.07) is 5.69. The van der Waals surface area contributed by atoms with Gasteiger partial charge in [-0.2, -0.15) is 0 Å². The number of carbonyl (C=O) groups excluding carboxylic acids is 2. The maximum atomic E-state index is 12.9. The van der Waals surface area contributed by atoms with Gasteiger partial charge < -0.3 is 5.32 Å². The molecule has 0 saturated heterocycles. The van der Waals surface area contributed by atoms with Crippen LogP contribution >= 0.6 is 0 Å². The lowest BCUT2D eigenvalue weighted by Crippen LogP contribution is -2.52. The molecule has 94 valence electrons. The van der Waals surface area contributed by atoms with Gasteiger partial charge >= 0.3 is 0 Å². The van der Waals surface area contributed by atoms with Gasteiger partial charge in [-0.1, -0.05) is 12.1 Å². The Labute approximate surface area is 103 Å². The summed E-state index contributed by atoms with van der Waals surface area (Å²) in [5.41, 5.74) is 3.10. The van der Waals surface area contributed by atoms with E-state index in [0.29, 0.717) is 5.56 Å². The van der Waals surface area contributed by atoms with Gasteiger partial charge in [-0.25, -0.2) is 9.40 Å². The zero-order valence-corrected chi connectivity index (χ0v) is 9.68. The molecule has 0 fully saturated rings. The number of benzene rings is 1. The molecule has 5 nitrogen and oxygen atoms in total. The number of nitrogens with one attached hydrogen (secondary N) is 2. The summed E-state index contributed by atoms with van der Waals surface area (Å²) >= 11 is 0. The molecule has 0 bridgehead atoms. The molecule has 0 aromatic heterocycles. The van der Waals surface area contributed by atoms with Gasteiger partial charge in [-0.15, -0.1) is 0 Å². The first-order valence-corrected chi connectivity index (χ1v) is 5.36. The Morgan fingerprint density at radius 2 is 2.06 bits per heavy atom. The Bertz CT molecular complexity index is 499. The van der Waals surface area contributed by atoms with Crippen LogP contribution < -0.4 is 10.7 Å². The van der Waals surface area contributed by atoms with Crippen molar-refractivity contribution >= 4 is 11.8 Å². The van der Waals surface area contributed by atoms with E-state index >= 15 is 0 Å². The molecule has 0 saturated carbocycles.